The number of aromatic nitrogens is 2. The highest BCUT2D eigenvalue weighted by Crippen LogP contribution is 2.27. The van der Waals surface area contributed by atoms with Crippen LogP contribution in [0.2, 0.25) is 5.02 Å². The van der Waals surface area contributed by atoms with Gasteiger partial charge in [0.1, 0.15) is 5.69 Å². The van der Waals surface area contributed by atoms with Gasteiger partial charge in [-0.1, -0.05) is 17.7 Å². The largest absolute Gasteiger partial charge is 0.463 e. The predicted molar refractivity (Wildman–Crippen MR) is 118 cm³/mol. The maximum Gasteiger partial charge on any atom is 0.274 e. The molecule has 0 atom stereocenters. The molecule has 1 aliphatic rings. The zero-order valence-corrected chi connectivity index (χ0v) is 18.3. The Morgan fingerprint density at radius 2 is 1.97 bits per heavy atom. The number of amides is 1. The van der Waals surface area contributed by atoms with Crippen molar-refractivity contribution in [2.75, 3.05) is 20.1 Å². The highest BCUT2D eigenvalue weighted by molar-refractivity contribution is 6.30. The summed E-state index contributed by atoms with van der Waals surface area (Å²) in [5, 5.41) is 5.24. The lowest BCUT2D eigenvalue weighted by atomic mass is 10.0. The fourth-order valence-corrected chi connectivity index (χ4v) is 4.21. The summed E-state index contributed by atoms with van der Waals surface area (Å²) in [5.74, 6) is 0.570. The molecule has 7 heteroatoms. The van der Waals surface area contributed by atoms with E-state index in [4.69, 9.17) is 16.0 Å². The van der Waals surface area contributed by atoms with Gasteiger partial charge in [-0.05, 0) is 57.0 Å². The number of piperidine rings is 1. The number of benzene rings is 1. The molecule has 1 saturated heterocycles. The molecular weight excluding hydrogens is 400 g/mol. The van der Waals surface area contributed by atoms with E-state index in [-0.39, 0.29) is 11.9 Å². The normalized spacial score (nSPS) is 15.6. The molecule has 0 N–H and O–H groups in total. The van der Waals surface area contributed by atoms with E-state index in [1.54, 1.807) is 17.0 Å². The van der Waals surface area contributed by atoms with Gasteiger partial charge in [-0.2, -0.15) is 5.10 Å². The second kappa shape index (κ2) is 8.66. The van der Waals surface area contributed by atoms with Crippen LogP contribution in [-0.4, -0.2) is 57.7 Å². The van der Waals surface area contributed by atoms with E-state index < -0.39 is 0 Å². The molecule has 30 heavy (non-hydrogen) atoms. The highest BCUT2D eigenvalue weighted by atomic mass is 35.5. The lowest BCUT2D eigenvalue weighted by molar-refractivity contribution is 0.0609. The number of hydrogen-bond donors (Lipinski definition) is 0. The fourth-order valence-electron chi connectivity index (χ4n) is 4.03. The Hall–Kier alpha value is -2.57. The third-order valence-electron chi connectivity index (χ3n) is 5.85. The summed E-state index contributed by atoms with van der Waals surface area (Å²) in [6.45, 7) is 6.45. The molecule has 2 aromatic heterocycles. The molecule has 1 fully saturated rings. The molecule has 0 unspecified atom stereocenters. The third kappa shape index (κ3) is 4.16. The van der Waals surface area contributed by atoms with Gasteiger partial charge < -0.3 is 14.2 Å². The molecule has 158 valence electrons. The number of carbonyl (C=O) groups is 1. The Kier molecular flexibility index (Phi) is 5.97. The number of halogens is 1. The minimum atomic E-state index is -0.0772. The van der Waals surface area contributed by atoms with E-state index in [1.165, 1.54) is 0 Å². The first kappa shape index (κ1) is 20.7. The first-order chi connectivity index (χ1) is 14.4. The van der Waals surface area contributed by atoms with Crippen LogP contribution in [0.3, 0.4) is 0 Å². The van der Waals surface area contributed by atoms with Gasteiger partial charge in [0.25, 0.3) is 5.91 Å². The number of likely N-dealkylation sites (tertiary alicyclic amines) is 1. The quantitative estimate of drug-likeness (QED) is 0.591. The molecule has 1 aromatic carbocycles. The molecule has 0 saturated carbocycles. The van der Waals surface area contributed by atoms with Crippen LogP contribution in [0.5, 0.6) is 0 Å². The van der Waals surface area contributed by atoms with Gasteiger partial charge >= 0.3 is 0 Å². The third-order valence-corrected chi connectivity index (χ3v) is 6.09. The van der Waals surface area contributed by atoms with Crippen molar-refractivity contribution in [2.45, 2.75) is 38.8 Å². The summed E-state index contributed by atoms with van der Waals surface area (Å²) in [4.78, 5) is 17.6. The maximum absolute atomic E-state index is 13.3. The molecule has 1 aliphatic heterocycles. The summed E-state index contributed by atoms with van der Waals surface area (Å²) >= 11 is 6.18. The molecule has 0 radical (unpaired) electrons. The van der Waals surface area contributed by atoms with Gasteiger partial charge in [0.2, 0.25) is 0 Å². The van der Waals surface area contributed by atoms with Crippen LogP contribution in [0.15, 0.2) is 53.1 Å². The zero-order chi connectivity index (χ0) is 21.3. The predicted octanol–water partition coefficient (Wildman–Crippen LogP) is 4.73. The van der Waals surface area contributed by atoms with Gasteiger partial charge in [0.15, 0.2) is 11.5 Å². The fraction of sp³-hybridized carbons (Fsp3) is 0.391. The SMILES string of the molecule is CC(C)N1CCC(N(C)C(=O)c2cc(-c3ccco3)n(-c3cccc(Cl)c3)n2)CC1. The lowest BCUT2D eigenvalue weighted by Gasteiger charge is -2.38. The summed E-state index contributed by atoms with van der Waals surface area (Å²) in [5.41, 5.74) is 1.89. The van der Waals surface area contributed by atoms with Crippen molar-refractivity contribution < 1.29 is 9.21 Å². The van der Waals surface area contributed by atoms with Crippen molar-refractivity contribution in [1.82, 2.24) is 19.6 Å². The summed E-state index contributed by atoms with van der Waals surface area (Å²) in [6.07, 6.45) is 3.56. The number of hydrogen-bond acceptors (Lipinski definition) is 4. The monoisotopic (exact) mass is 426 g/mol. The molecule has 0 spiro atoms. The maximum atomic E-state index is 13.3. The Balaban J connectivity index is 1.61. The standard InChI is InChI=1S/C23H27ClN4O2/c1-16(2)27-11-9-18(10-12-27)26(3)23(29)20-15-21(22-8-5-13-30-22)28(25-20)19-7-4-6-17(24)14-19/h4-8,13-16,18H,9-12H2,1-3H3. The minimum absolute atomic E-state index is 0.0772. The number of nitrogens with zero attached hydrogens (tertiary/aromatic N) is 4. The van der Waals surface area contributed by atoms with Gasteiger partial charge in [-0.3, -0.25) is 4.79 Å². The molecule has 0 bridgehead atoms. The molecule has 1 amide bonds. The van der Waals surface area contributed by atoms with E-state index in [0.29, 0.717) is 28.2 Å². The van der Waals surface area contributed by atoms with Crippen molar-refractivity contribution in [1.29, 1.82) is 0 Å². The lowest BCUT2D eigenvalue weighted by Crippen LogP contribution is -2.47. The van der Waals surface area contributed by atoms with Crippen molar-refractivity contribution in [3.8, 4) is 17.1 Å². The van der Waals surface area contributed by atoms with Gasteiger partial charge in [0.05, 0.1) is 12.0 Å². The first-order valence-corrected chi connectivity index (χ1v) is 10.7. The van der Waals surface area contributed by atoms with Crippen molar-refractivity contribution in [3.63, 3.8) is 0 Å². The molecule has 3 heterocycles. The Labute approximate surface area is 182 Å². The van der Waals surface area contributed by atoms with Crippen LogP contribution in [-0.2, 0) is 0 Å². The Morgan fingerprint density at radius 3 is 2.60 bits per heavy atom. The highest BCUT2D eigenvalue weighted by Gasteiger charge is 2.29. The van der Waals surface area contributed by atoms with Gasteiger partial charge in [-0.15, -0.1) is 0 Å². The second-order valence-electron chi connectivity index (χ2n) is 8.06. The van der Waals surface area contributed by atoms with E-state index in [2.05, 4.69) is 23.8 Å². The summed E-state index contributed by atoms with van der Waals surface area (Å²) in [7, 11) is 1.88. The molecule has 6 nitrogen and oxygen atoms in total. The van der Waals surface area contributed by atoms with Crippen molar-refractivity contribution >= 4 is 17.5 Å². The van der Waals surface area contributed by atoms with Gasteiger partial charge in [-0.25, -0.2) is 4.68 Å². The van der Waals surface area contributed by atoms with E-state index >= 15 is 0 Å². The van der Waals surface area contributed by atoms with Crippen LogP contribution < -0.4 is 0 Å². The Morgan fingerprint density at radius 1 is 1.20 bits per heavy atom. The number of carbonyl (C=O) groups excluding carboxylic acids is 1. The van der Waals surface area contributed by atoms with Crippen molar-refractivity contribution in [3.05, 3.63) is 59.4 Å². The smallest absolute Gasteiger partial charge is 0.274 e. The average Bonchev–Trinajstić information content (AvgIpc) is 3.42. The van der Waals surface area contributed by atoms with E-state index in [0.717, 1.165) is 31.6 Å². The minimum Gasteiger partial charge on any atom is -0.463 e. The average molecular weight is 427 g/mol. The summed E-state index contributed by atoms with van der Waals surface area (Å²) < 4.78 is 7.31. The van der Waals surface area contributed by atoms with Crippen LogP contribution >= 0.6 is 11.6 Å². The molecule has 4 rings (SSSR count). The first-order valence-electron chi connectivity index (χ1n) is 10.3. The number of furan rings is 1. The summed E-state index contributed by atoms with van der Waals surface area (Å²) in [6, 6.07) is 13.6. The van der Waals surface area contributed by atoms with Crippen LogP contribution in [0.1, 0.15) is 37.2 Å². The molecule has 0 aliphatic carbocycles. The van der Waals surface area contributed by atoms with Gasteiger partial charge in [0, 0.05) is 43.3 Å². The zero-order valence-electron chi connectivity index (χ0n) is 17.6. The van der Waals surface area contributed by atoms with Crippen LogP contribution in [0, 0.1) is 0 Å². The number of rotatable bonds is 5. The van der Waals surface area contributed by atoms with Crippen LogP contribution in [0.4, 0.5) is 0 Å². The molecular formula is C23H27ClN4O2. The van der Waals surface area contributed by atoms with Crippen molar-refractivity contribution in [2.24, 2.45) is 0 Å². The van der Waals surface area contributed by atoms with E-state index in [9.17, 15) is 4.79 Å². The molecule has 3 aromatic rings. The topological polar surface area (TPSA) is 54.5 Å². The Bertz CT molecular complexity index is 1000. The second-order valence-corrected chi connectivity index (χ2v) is 8.50. The van der Waals surface area contributed by atoms with E-state index in [1.807, 2.05) is 48.3 Å². The van der Waals surface area contributed by atoms with Crippen LogP contribution in [0.25, 0.3) is 17.1 Å².